The first kappa shape index (κ1) is 20.0. The van der Waals surface area contributed by atoms with Gasteiger partial charge in [0.25, 0.3) is 5.91 Å². The number of carbonyl (C=O) groups is 1. The first-order chi connectivity index (χ1) is 13.5. The van der Waals surface area contributed by atoms with E-state index in [9.17, 15) is 13.2 Å². The van der Waals surface area contributed by atoms with Crippen LogP contribution < -0.4 is 15.0 Å². The van der Waals surface area contributed by atoms with Gasteiger partial charge in [-0.3, -0.25) is 4.79 Å². The van der Waals surface area contributed by atoms with E-state index in [4.69, 9.17) is 0 Å². The van der Waals surface area contributed by atoms with Crippen molar-refractivity contribution < 1.29 is 13.2 Å². The van der Waals surface area contributed by atoms with Crippen molar-refractivity contribution in [1.82, 2.24) is 10.1 Å². The van der Waals surface area contributed by atoms with Crippen molar-refractivity contribution in [2.45, 2.75) is 24.2 Å². The van der Waals surface area contributed by atoms with Crippen LogP contribution in [0.4, 0.5) is 5.69 Å². The number of amides is 1. The van der Waals surface area contributed by atoms with E-state index in [1.54, 1.807) is 18.2 Å². The molecule has 148 valence electrons. The van der Waals surface area contributed by atoms with E-state index in [0.717, 1.165) is 18.7 Å². The van der Waals surface area contributed by atoms with Crippen LogP contribution in [0.1, 0.15) is 24.8 Å². The first-order valence-corrected chi connectivity index (χ1v) is 10.7. The van der Waals surface area contributed by atoms with Crippen LogP contribution in [0.25, 0.3) is 0 Å². The van der Waals surface area contributed by atoms with E-state index < -0.39 is 15.9 Å². The quantitative estimate of drug-likeness (QED) is 0.550. The summed E-state index contributed by atoms with van der Waals surface area (Å²) in [5.74, 6) is -0.541. The van der Waals surface area contributed by atoms with E-state index in [1.807, 2.05) is 24.3 Å². The van der Waals surface area contributed by atoms with Crippen LogP contribution in [0, 0.1) is 0 Å². The van der Waals surface area contributed by atoms with Gasteiger partial charge in [0.15, 0.2) is 0 Å². The van der Waals surface area contributed by atoms with Crippen molar-refractivity contribution in [3.05, 3.63) is 60.2 Å². The fraction of sp³-hybridized carbons (Fsp3) is 0.300. The first-order valence-electron chi connectivity index (χ1n) is 9.26. The molecule has 1 saturated heterocycles. The van der Waals surface area contributed by atoms with E-state index in [2.05, 4.69) is 20.1 Å². The molecule has 2 aromatic rings. The molecule has 3 rings (SSSR count). The highest BCUT2D eigenvalue weighted by molar-refractivity contribution is 7.89. The topological polar surface area (TPSA) is 90.9 Å². The molecule has 0 saturated carbocycles. The lowest BCUT2D eigenvalue weighted by atomic mass is 10.1. The standard InChI is InChI=1S/C20H24N4O3S/c25-20(16-22-28(26,27)19-7-3-1-4-8-19)23-21-15-17-9-11-18(12-10-17)24-13-5-2-6-14-24/h1,3-4,7-12,15,22H,2,5-6,13-14,16H2,(H,23,25)/b21-15-. The molecule has 1 aliphatic rings. The maximum atomic E-state index is 12.1. The zero-order valence-corrected chi connectivity index (χ0v) is 16.4. The summed E-state index contributed by atoms with van der Waals surface area (Å²) in [6.45, 7) is 1.78. The van der Waals surface area contributed by atoms with E-state index in [-0.39, 0.29) is 11.4 Å². The van der Waals surface area contributed by atoms with E-state index >= 15 is 0 Å². The highest BCUT2D eigenvalue weighted by atomic mass is 32.2. The molecule has 1 amide bonds. The number of hydrazone groups is 1. The molecule has 2 N–H and O–H groups in total. The maximum Gasteiger partial charge on any atom is 0.255 e. The number of nitrogens with zero attached hydrogens (tertiary/aromatic N) is 2. The van der Waals surface area contributed by atoms with Gasteiger partial charge in [0, 0.05) is 18.8 Å². The van der Waals surface area contributed by atoms with Gasteiger partial charge in [-0.25, -0.2) is 18.6 Å². The minimum Gasteiger partial charge on any atom is -0.372 e. The van der Waals surface area contributed by atoms with Gasteiger partial charge in [0.1, 0.15) is 0 Å². The average molecular weight is 401 g/mol. The molecule has 0 bridgehead atoms. The number of benzene rings is 2. The third-order valence-electron chi connectivity index (χ3n) is 4.49. The highest BCUT2D eigenvalue weighted by Gasteiger charge is 2.14. The Morgan fingerprint density at radius 2 is 1.68 bits per heavy atom. The molecular formula is C20H24N4O3S. The minimum absolute atomic E-state index is 0.111. The normalized spacial score (nSPS) is 14.9. The predicted octanol–water partition coefficient (Wildman–Crippen LogP) is 2.11. The summed E-state index contributed by atoms with van der Waals surface area (Å²) in [4.78, 5) is 14.3. The largest absolute Gasteiger partial charge is 0.372 e. The lowest BCUT2D eigenvalue weighted by Crippen LogP contribution is -2.34. The van der Waals surface area contributed by atoms with Crippen molar-refractivity contribution in [3.8, 4) is 0 Å². The molecule has 2 aromatic carbocycles. The summed E-state index contributed by atoms with van der Waals surface area (Å²) >= 11 is 0. The van der Waals surface area contributed by atoms with Gasteiger partial charge in [0.2, 0.25) is 10.0 Å². The monoisotopic (exact) mass is 400 g/mol. The number of rotatable bonds is 7. The molecule has 1 heterocycles. The number of sulfonamides is 1. The van der Waals surface area contributed by atoms with Gasteiger partial charge < -0.3 is 4.90 Å². The maximum absolute atomic E-state index is 12.1. The number of anilines is 1. The Kier molecular flexibility index (Phi) is 6.78. The molecule has 7 nitrogen and oxygen atoms in total. The van der Waals surface area contributed by atoms with Gasteiger partial charge in [-0.15, -0.1) is 0 Å². The molecule has 0 radical (unpaired) electrons. The SMILES string of the molecule is O=C(CNS(=O)(=O)c1ccccc1)N/N=C\c1ccc(N2CCCCC2)cc1. The summed E-state index contributed by atoms with van der Waals surface area (Å²) in [6, 6.07) is 15.9. The van der Waals surface area contributed by atoms with Crippen molar-refractivity contribution in [2.75, 3.05) is 24.5 Å². The van der Waals surface area contributed by atoms with Crippen LogP contribution in [0.5, 0.6) is 0 Å². The van der Waals surface area contributed by atoms with E-state index in [1.165, 1.54) is 43.3 Å². The minimum atomic E-state index is -3.72. The molecule has 28 heavy (non-hydrogen) atoms. The van der Waals surface area contributed by atoms with Crippen molar-refractivity contribution in [3.63, 3.8) is 0 Å². The Morgan fingerprint density at radius 1 is 1.00 bits per heavy atom. The third kappa shape index (κ3) is 5.64. The Morgan fingerprint density at radius 3 is 2.36 bits per heavy atom. The predicted molar refractivity (Wildman–Crippen MR) is 110 cm³/mol. The van der Waals surface area contributed by atoms with Crippen LogP contribution in [0.15, 0.2) is 64.6 Å². The van der Waals surface area contributed by atoms with Gasteiger partial charge in [-0.1, -0.05) is 30.3 Å². The lowest BCUT2D eigenvalue weighted by Gasteiger charge is -2.28. The second-order valence-corrected chi connectivity index (χ2v) is 8.34. The molecule has 0 unspecified atom stereocenters. The van der Waals surface area contributed by atoms with E-state index in [0.29, 0.717) is 0 Å². The zero-order valence-electron chi connectivity index (χ0n) is 15.5. The fourth-order valence-corrected chi connectivity index (χ4v) is 3.99. The Bertz CT molecular complexity index is 906. The highest BCUT2D eigenvalue weighted by Crippen LogP contribution is 2.19. The van der Waals surface area contributed by atoms with Gasteiger partial charge in [-0.2, -0.15) is 5.10 Å². The Hall–Kier alpha value is -2.71. The summed E-state index contributed by atoms with van der Waals surface area (Å²) in [5.41, 5.74) is 4.37. The Labute approximate surface area is 165 Å². The van der Waals surface area contributed by atoms with Gasteiger partial charge in [-0.05, 0) is 49.1 Å². The van der Waals surface area contributed by atoms with Crippen LogP contribution in [0.3, 0.4) is 0 Å². The number of nitrogens with one attached hydrogen (secondary N) is 2. The van der Waals surface area contributed by atoms with Crippen molar-refractivity contribution >= 4 is 27.8 Å². The summed E-state index contributed by atoms with van der Waals surface area (Å²) in [7, 11) is -3.72. The van der Waals surface area contributed by atoms with Crippen molar-refractivity contribution in [2.24, 2.45) is 5.10 Å². The van der Waals surface area contributed by atoms with Crippen LogP contribution in [0.2, 0.25) is 0 Å². The summed E-state index contributed by atoms with van der Waals surface area (Å²) in [5, 5.41) is 3.88. The second kappa shape index (κ2) is 9.48. The van der Waals surface area contributed by atoms with Gasteiger partial charge >= 0.3 is 0 Å². The van der Waals surface area contributed by atoms with Crippen LogP contribution in [-0.4, -0.2) is 40.2 Å². The zero-order chi connectivity index (χ0) is 19.8. The molecule has 8 heteroatoms. The number of hydrogen-bond donors (Lipinski definition) is 2. The fourth-order valence-electron chi connectivity index (χ4n) is 2.99. The Balaban J connectivity index is 1.47. The average Bonchev–Trinajstić information content (AvgIpc) is 2.74. The smallest absolute Gasteiger partial charge is 0.255 e. The number of carbonyl (C=O) groups excluding carboxylic acids is 1. The van der Waals surface area contributed by atoms with Gasteiger partial charge in [0.05, 0.1) is 17.7 Å². The molecular weight excluding hydrogens is 376 g/mol. The number of piperidine rings is 1. The van der Waals surface area contributed by atoms with Crippen LogP contribution >= 0.6 is 0 Å². The summed E-state index contributed by atoms with van der Waals surface area (Å²) < 4.78 is 26.4. The van der Waals surface area contributed by atoms with Crippen molar-refractivity contribution in [1.29, 1.82) is 0 Å². The molecule has 0 aromatic heterocycles. The molecule has 0 atom stereocenters. The molecule has 1 aliphatic heterocycles. The number of hydrogen-bond acceptors (Lipinski definition) is 5. The second-order valence-electron chi connectivity index (χ2n) is 6.57. The summed E-state index contributed by atoms with van der Waals surface area (Å²) in [6.07, 6.45) is 5.28. The molecule has 1 fully saturated rings. The molecule has 0 aliphatic carbocycles. The lowest BCUT2D eigenvalue weighted by molar-refractivity contribution is -0.119. The molecule has 0 spiro atoms. The van der Waals surface area contributed by atoms with Crippen LogP contribution in [-0.2, 0) is 14.8 Å². The third-order valence-corrected chi connectivity index (χ3v) is 5.91.